The first-order valence-corrected chi connectivity index (χ1v) is 9.44. The van der Waals surface area contributed by atoms with Gasteiger partial charge in [-0.25, -0.2) is 0 Å². The Morgan fingerprint density at radius 1 is 1.31 bits per heavy atom. The zero-order valence-corrected chi connectivity index (χ0v) is 16.2. The molecule has 26 heavy (non-hydrogen) atoms. The third-order valence-electron chi connectivity index (χ3n) is 6.14. The molecule has 2 aromatic rings. The predicted molar refractivity (Wildman–Crippen MR) is 98.7 cm³/mol. The number of carbonyl (C=O) groups excluding carboxylic acids is 1. The summed E-state index contributed by atoms with van der Waals surface area (Å²) in [5.41, 5.74) is 3.26. The summed E-state index contributed by atoms with van der Waals surface area (Å²) < 4.78 is 7.90. The van der Waals surface area contributed by atoms with Crippen LogP contribution < -0.4 is 5.32 Å². The Balaban J connectivity index is 1.51. The molecule has 1 N–H and O–H groups in total. The van der Waals surface area contributed by atoms with Gasteiger partial charge >= 0.3 is 0 Å². The molecule has 0 aromatic carbocycles. The van der Waals surface area contributed by atoms with Crippen LogP contribution in [0, 0.1) is 19.8 Å². The average molecular weight is 356 g/mol. The number of carbonyl (C=O) groups is 1. The maximum atomic E-state index is 12.4. The Bertz CT molecular complexity index is 837. The van der Waals surface area contributed by atoms with E-state index in [1.54, 1.807) is 0 Å². The molecule has 2 aromatic heterocycles. The van der Waals surface area contributed by atoms with Crippen molar-refractivity contribution in [2.24, 2.45) is 13.0 Å². The van der Waals surface area contributed by atoms with Crippen molar-refractivity contribution in [1.82, 2.24) is 20.0 Å². The van der Waals surface area contributed by atoms with Crippen LogP contribution in [0.4, 0.5) is 0 Å². The first kappa shape index (κ1) is 17.3. The summed E-state index contributed by atoms with van der Waals surface area (Å²) in [4.78, 5) is 14.2. The Kier molecular flexibility index (Phi) is 4.18. The SMILES string of the molecule is Cc1nn(C)c(C)c1[C@H]1[C@H](NCc2ccc([C@@H]3C[C@H]3C)o2)CC(=O)N1C. The van der Waals surface area contributed by atoms with Crippen molar-refractivity contribution in [3.05, 3.63) is 40.6 Å². The van der Waals surface area contributed by atoms with Gasteiger partial charge in [-0.3, -0.25) is 9.48 Å². The van der Waals surface area contributed by atoms with Crippen LogP contribution in [0.5, 0.6) is 0 Å². The summed E-state index contributed by atoms with van der Waals surface area (Å²) in [5, 5.41) is 8.10. The fourth-order valence-electron chi connectivity index (χ4n) is 4.30. The standard InChI is InChI=1S/C20H28N4O2/c1-11-8-15(11)17-7-6-14(26-17)10-21-16-9-18(25)23(4)20(16)19-12(2)22-24(5)13(19)3/h6-7,11,15-16,20-21H,8-10H2,1-5H3/t11-,15-,16-,20-/m1/s1. The van der Waals surface area contributed by atoms with Gasteiger partial charge in [0, 0.05) is 43.7 Å². The minimum Gasteiger partial charge on any atom is -0.464 e. The molecule has 2 fully saturated rings. The van der Waals surface area contributed by atoms with E-state index in [9.17, 15) is 4.79 Å². The van der Waals surface area contributed by atoms with Gasteiger partial charge in [0.2, 0.25) is 5.91 Å². The number of rotatable bonds is 5. The molecule has 1 saturated heterocycles. The molecule has 4 rings (SSSR count). The van der Waals surface area contributed by atoms with Crippen LogP contribution in [0.15, 0.2) is 16.5 Å². The number of likely N-dealkylation sites (tertiary alicyclic amines) is 1. The number of amides is 1. The normalized spacial score (nSPS) is 28.2. The van der Waals surface area contributed by atoms with Crippen molar-refractivity contribution in [2.45, 2.75) is 58.2 Å². The molecule has 140 valence electrons. The molecule has 1 saturated carbocycles. The number of aromatic nitrogens is 2. The molecular formula is C20H28N4O2. The van der Waals surface area contributed by atoms with E-state index in [0.717, 1.165) is 34.4 Å². The van der Waals surface area contributed by atoms with Gasteiger partial charge in [0.05, 0.1) is 18.3 Å². The van der Waals surface area contributed by atoms with Crippen LogP contribution in [0.2, 0.25) is 0 Å². The Morgan fingerprint density at radius 3 is 2.65 bits per heavy atom. The molecule has 6 heteroatoms. The van der Waals surface area contributed by atoms with Crippen molar-refractivity contribution in [1.29, 1.82) is 0 Å². The lowest BCUT2D eigenvalue weighted by molar-refractivity contribution is -0.127. The highest BCUT2D eigenvalue weighted by molar-refractivity contribution is 5.80. The van der Waals surface area contributed by atoms with Gasteiger partial charge in [-0.15, -0.1) is 0 Å². The van der Waals surface area contributed by atoms with Gasteiger partial charge in [0.25, 0.3) is 0 Å². The van der Waals surface area contributed by atoms with Crippen molar-refractivity contribution in [3.8, 4) is 0 Å². The van der Waals surface area contributed by atoms with Crippen LogP contribution in [0.1, 0.15) is 60.2 Å². The van der Waals surface area contributed by atoms with Crippen LogP contribution in [-0.2, 0) is 18.4 Å². The lowest BCUT2D eigenvalue weighted by Crippen LogP contribution is -2.35. The average Bonchev–Trinajstić information content (AvgIpc) is 2.92. The highest BCUT2D eigenvalue weighted by Crippen LogP contribution is 2.47. The lowest BCUT2D eigenvalue weighted by atomic mass is 9.98. The van der Waals surface area contributed by atoms with Crippen LogP contribution in [-0.4, -0.2) is 33.7 Å². The minimum absolute atomic E-state index is 0.00841. The molecule has 0 spiro atoms. The summed E-state index contributed by atoms with van der Waals surface area (Å²) in [6.07, 6.45) is 1.73. The predicted octanol–water partition coefficient (Wildman–Crippen LogP) is 2.81. The Hall–Kier alpha value is -2.08. The molecular weight excluding hydrogens is 328 g/mol. The number of aryl methyl sites for hydroxylation is 2. The topological polar surface area (TPSA) is 63.3 Å². The van der Waals surface area contributed by atoms with Crippen molar-refractivity contribution in [3.63, 3.8) is 0 Å². The van der Waals surface area contributed by atoms with Gasteiger partial charge in [0.15, 0.2) is 0 Å². The van der Waals surface area contributed by atoms with E-state index in [1.165, 1.54) is 6.42 Å². The van der Waals surface area contributed by atoms with Gasteiger partial charge in [0.1, 0.15) is 11.5 Å². The molecule has 0 bridgehead atoms. The van der Waals surface area contributed by atoms with Gasteiger partial charge in [-0.05, 0) is 38.3 Å². The van der Waals surface area contributed by atoms with Crippen molar-refractivity contribution in [2.75, 3.05) is 7.05 Å². The van der Waals surface area contributed by atoms with E-state index < -0.39 is 0 Å². The fourth-order valence-corrected chi connectivity index (χ4v) is 4.30. The van der Waals surface area contributed by atoms with E-state index in [1.807, 2.05) is 30.6 Å². The Labute approximate surface area is 154 Å². The van der Waals surface area contributed by atoms with E-state index in [2.05, 4.69) is 36.4 Å². The highest BCUT2D eigenvalue weighted by atomic mass is 16.3. The lowest BCUT2D eigenvalue weighted by Gasteiger charge is -2.26. The summed E-state index contributed by atoms with van der Waals surface area (Å²) in [5.74, 6) is 3.55. The van der Waals surface area contributed by atoms with Crippen molar-refractivity contribution < 1.29 is 9.21 Å². The van der Waals surface area contributed by atoms with Gasteiger partial charge in [-0.1, -0.05) is 6.92 Å². The molecule has 3 heterocycles. The summed E-state index contributed by atoms with van der Waals surface area (Å²) in [6.45, 7) is 6.99. The molecule has 2 aliphatic rings. The molecule has 0 unspecified atom stereocenters. The molecule has 1 aliphatic carbocycles. The third kappa shape index (κ3) is 2.86. The van der Waals surface area contributed by atoms with E-state index in [-0.39, 0.29) is 18.0 Å². The number of nitrogens with zero attached hydrogens (tertiary/aromatic N) is 3. The smallest absolute Gasteiger partial charge is 0.224 e. The van der Waals surface area contributed by atoms with Crippen molar-refractivity contribution >= 4 is 5.91 Å². The maximum absolute atomic E-state index is 12.4. The van der Waals surface area contributed by atoms with Crippen LogP contribution in [0.25, 0.3) is 0 Å². The first-order valence-electron chi connectivity index (χ1n) is 9.44. The molecule has 1 aliphatic heterocycles. The largest absolute Gasteiger partial charge is 0.464 e. The highest BCUT2D eigenvalue weighted by Gasteiger charge is 2.41. The maximum Gasteiger partial charge on any atom is 0.224 e. The molecule has 6 nitrogen and oxygen atoms in total. The number of nitrogens with one attached hydrogen (secondary N) is 1. The van der Waals surface area contributed by atoms with E-state index in [4.69, 9.17) is 4.42 Å². The number of furan rings is 1. The molecule has 0 radical (unpaired) electrons. The second kappa shape index (κ2) is 6.27. The summed E-state index contributed by atoms with van der Waals surface area (Å²) in [6, 6.07) is 4.23. The first-order chi connectivity index (χ1) is 12.4. The third-order valence-corrected chi connectivity index (χ3v) is 6.14. The van der Waals surface area contributed by atoms with Gasteiger partial charge in [-0.2, -0.15) is 5.10 Å². The van der Waals surface area contributed by atoms with E-state index in [0.29, 0.717) is 18.9 Å². The summed E-state index contributed by atoms with van der Waals surface area (Å²) >= 11 is 0. The summed E-state index contributed by atoms with van der Waals surface area (Å²) in [7, 11) is 3.84. The molecule has 4 atom stereocenters. The number of hydrogen-bond donors (Lipinski definition) is 1. The quantitative estimate of drug-likeness (QED) is 0.895. The second-order valence-electron chi connectivity index (χ2n) is 7.97. The van der Waals surface area contributed by atoms with Crippen LogP contribution >= 0.6 is 0 Å². The monoisotopic (exact) mass is 356 g/mol. The zero-order valence-electron chi connectivity index (χ0n) is 16.2. The van der Waals surface area contributed by atoms with Gasteiger partial charge < -0.3 is 14.6 Å². The number of hydrogen-bond acceptors (Lipinski definition) is 4. The minimum atomic E-state index is 0.00841. The fraction of sp³-hybridized carbons (Fsp3) is 0.600. The van der Waals surface area contributed by atoms with Crippen LogP contribution in [0.3, 0.4) is 0 Å². The Morgan fingerprint density at radius 2 is 2.04 bits per heavy atom. The molecule has 1 amide bonds. The number of likely N-dealkylation sites (N-methyl/N-ethyl adjacent to an activating group) is 1. The second-order valence-corrected chi connectivity index (χ2v) is 7.97. The van der Waals surface area contributed by atoms with E-state index >= 15 is 0 Å². The zero-order chi connectivity index (χ0) is 18.6.